The summed E-state index contributed by atoms with van der Waals surface area (Å²) in [4.78, 5) is 14.3. The van der Waals surface area contributed by atoms with Crippen molar-refractivity contribution >= 4 is 23.1 Å². The Morgan fingerprint density at radius 3 is 2.71 bits per heavy atom. The van der Waals surface area contributed by atoms with Crippen molar-refractivity contribution in [2.45, 2.75) is 39.2 Å². The number of nitrogens with two attached hydrogens (primary N) is 1. The summed E-state index contributed by atoms with van der Waals surface area (Å²) in [6, 6.07) is 0. The first-order chi connectivity index (χ1) is 7.91. The summed E-state index contributed by atoms with van der Waals surface area (Å²) in [6.07, 6.45) is 2.88. The van der Waals surface area contributed by atoms with Gasteiger partial charge in [-0.2, -0.15) is 0 Å². The van der Waals surface area contributed by atoms with E-state index in [-0.39, 0.29) is 17.0 Å². The van der Waals surface area contributed by atoms with Crippen LogP contribution in [0.25, 0.3) is 0 Å². The molecule has 1 amide bonds. The third-order valence-corrected chi connectivity index (χ3v) is 4.02. The average molecular weight is 258 g/mol. The fourth-order valence-corrected chi connectivity index (χ4v) is 2.26. The molecule has 2 unspecified atom stereocenters. The number of hydrogen-bond acceptors (Lipinski definition) is 3. The Morgan fingerprint density at radius 2 is 2.29 bits per heavy atom. The summed E-state index contributed by atoms with van der Waals surface area (Å²) in [5, 5.41) is 0. The minimum absolute atomic E-state index is 0.0111. The fraction of sp³-hybridized carbons (Fsp3) is 0.833. The molecular weight excluding hydrogens is 236 g/mol. The van der Waals surface area contributed by atoms with Gasteiger partial charge >= 0.3 is 0 Å². The van der Waals surface area contributed by atoms with E-state index in [2.05, 4.69) is 0 Å². The lowest BCUT2D eigenvalue weighted by atomic mass is 9.86. The normalized spacial score (nSPS) is 23.1. The zero-order valence-corrected chi connectivity index (χ0v) is 11.7. The van der Waals surface area contributed by atoms with Crippen LogP contribution in [0.3, 0.4) is 0 Å². The van der Waals surface area contributed by atoms with E-state index in [1.165, 1.54) is 0 Å². The van der Waals surface area contributed by atoms with Crippen molar-refractivity contribution in [3.05, 3.63) is 0 Å². The average Bonchev–Trinajstić information content (AvgIpc) is 2.79. The summed E-state index contributed by atoms with van der Waals surface area (Å²) < 4.78 is 5.52. The third kappa shape index (κ3) is 3.16. The van der Waals surface area contributed by atoms with Crippen molar-refractivity contribution in [1.29, 1.82) is 0 Å². The Balaban J connectivity index is 2.63. The van der Waals surface area contributed by atoms with E-state index in [0.29, 0.717) is 13.0 Å². The third-order valence-electron chi connectivity index (χ3n) is 3.57. The molecule has 2 N–H and O–H groups in total. The van der Waals surface area contributed by atoms with Crippen molar-refractivity contribution in [3.8, 4) is 0 Å². The van der Waals surface area contributed by atoms with Crippen LogP contribution in [0.1, 0.15) is 33.1 Å². The SMILES string of the molecule is CCC(C)(C(=O)N(C)CC1CCCO1)C(N)=S. The second kappa shape index (κ2) is 5.78. The highest BCUT2D eigenvalue weighted by molar-refractivity contribution is 7.80. The molecule has 0 aromatic heterocycles. The van der Waals surface area contributed by atoms with Gasteiger partial charge in [-0.1, -0.05) is 19.1 Å². The van der Waals surface area contributed by atoms with Crippen molar-refractivity contribution in [2.24, 2.45) is 11.1 Å². The fourth-order valence-electron chi connectivity index (χ4n) is 2.03. The number of carbonyl (C=O) groups is 1. The lowest BCUT2D eigenvalue weighted by molar-refractivity contribution is -0.137. The van der Waals surface area contributed by atoms with Crippen LogP contribution in [0.5, 0.6) is 0 Å². The lowest BCUT2D eigenvalue weighted by Crippen LogP contribution is -2.49. The Kier molecular flexibility index (Phi) is 4.89. The van der Waals surface area contributed by atoms with Crippen LogP contribution in [0.2, 0.25) is 0 Å². The molecule has 2 atom stereocenters. The highest BCUT2D eigenvalue weighted by Gasteiger charge is 2.37. The topological polar surface area (TPSA) is 55.6 Å². The van der Waals surface area contributed by atoms with Crippen molar-refractivity contribution < 1.29 is 9.53 Å². The molecule has 0 aromatic rings. The van der Waals surface area contributed by atoms with Gasteiger partial charge in [0.15, 0.2) is 0 Å². The lowest BCUT2D eigenvalue weighted by Gasteiger charge is -2.32. The van der Waals surface area contributed by atoms with Crippen LogP contribution < -0.4 is 5.73 Å². The van der Waals surface area contributed by atoms with Gasteiger partial charge in [0.2, 0.25) is 5.91 Å². The molecule has 17 heavy (non-hydrogen) atoms. The molecule has 1 heterocycles. The van der Waals surface area contributed by atoms with Crippen LogP contribution in [-0.2, 0) is 9.53 Å². The summed E-state index contributed by atoms with van der Waals surface area (Å²) in [6.45, 7) is 5.16. The first-order valence-electron chi connectivity index (χ1n) is 6.09. The molecular formula is C12H22N2O2S. The van der Waals surface area contributed by atoms with Gasteiger partial charge in [0.1, 0.15) is 0 Å². The second-order valence-electron chi connectivity index (χ2n) is 4.87. The Bertz CT molecular complexity index is 303. The highest BCUT2D eigenvalue weighted by Crippen LogP contribution is 2.25. The molecule has 98 valence electrons. The van der Waals surface area contributed by atoms with E-state index in [0.717, 1.165) is 19.4 Å². The van der Waals surface area contributed by atoms with Crippen molar-refractivity contribution in [1.82, 2.24) is 4.90 Å². The molecule has 5 heteroatoms. The number of thiocarbonyl (C=S) groups is 1. The number of nitrogens with zero attached hydrogens (tertiary/aromatic N) is 1. The van der Waals surface area contributed by atoms with Crippen LogP contribution in [-0.4, -0.2) is 42.1 Å². The Morgan fingerprint density at radius 1 is 1.65 bits per heavy atom. The molecule has 0 radical (unpaired) electrons. The zero-order valence-electron chi connectivity index (χ0n) is 10.9. The number of hydrogen-bond donors (Lipinski definition) is 1. The maximum absolute atomic E-state index is 12.3. The number of rotatable bonds is 5. The molecule has 0 bridgehead atoms. The zero-order chi connectivity index (χ0) is 13.1. The minimum atomic E-state index is -0.733. The van der Waals surface area contributed by atoms with Gasteiger partial charge in [0, 0.05) is 20.2 Å². The minimum Gasteiger partial charge on any atom is -0.392 e. The van der Waals surface area contributed by atoms with Crippen molar-refractivity contribution in [2.75, 3.05) is 20.2 Å². The number of likely N-dealkylation sites (N-methyl/N-ethyl adjacent to an activating group) is 1. The monoisotopic (exact) mass is 258 g/mol. The number of ether oxygens (including phenoxy) is 1. The Hall–Kier alpha value is -0.680. The molecule has 0 aromatic carbocycles. The summed E-state index contributed by atoms with van der Waals surface area (Å²) >= 11 is 5.01. The molecule has 1 rings (SSSR count). The molecule has 1 aliphatic rings. The van der Waals surface area contributed by atoms with Gasteiger partial charge < -0.3 is 15.4 Å². The second-order valence-corrected chi connectivity index (χ2v) is 5.31. The molecule has 1 aliphatic heterocycles. The molecule has 1 fully saturated rings. The van der Waals surface area contributed by atoms with Gasteiger partial charge in [-0.05, 0) is 26.2 Å². The summed E-state index contributed by atoms with van der Waals surface area (Å²) in [5.74, 6) is -0.0111. The molecule has 0 spiro atoms. The maximum atomic E-state index is 12.3. The number of amides is 1. The predicted octanol–water partition coefficient (Wildman–Crippen LogP) is 1.33. The van der Waals surface area contributed by atoms with Crippen LogP contribution in [0, 0.1) is 5.41 Å². The van der Waals surface area contributed by atoms with Gasteiger partial charge in [-0.25, -0.2) is 0 Å². The van der Waals surface area contributed by atoms with Gasteiger partial charge in [-0.15, -0.1) is 0 Å². The van der Waals surface area contributed by atoms with E-state index >= 15 is 0 Å². The van der Waals surface area contributed by atoms with E-state index in [1.54, 1.807) is 11.9 Å². The van der Waals surface area contributed by atoms with E-state index < -0.39 is 5.41 Å². The highest BCUT2D eigenvalue weighted by atomic mass is 32.1. The Labute approximate surface area is 108 Å². The van der Waals surface area contributed by atoms with Crippen LogP contribution >= 0.6 is 12.2 Å². The van der Waals surface area contributed by atoms with Crippen LogP contribution in [0.15, 0.2) is 0 Å². The summed E-state index contributed by atoms with van der Waals surface area (Å²) in [5.41, 5.74) is 4.95. The molecule has 0 aliphatic carbocycles. The van der Waals surface area contributed by atoms with Gasteiger partial charge in [0.05, 0.1) is 16.5 Å². The maximum Gasteiger partial charge on any atom is 0.235 e. The standard InChI is InChI=1S/C12H22N2O2S/c1-4-12(2,10(13)17)11(15)14(3)8-9-6-5-7-16-9/h9H,4-8H2,1-3H3,(H2,13,17). The van der Waals surface area contributed by atoms with Gasteiger partial charge in [0.25, 0.3) is 0 Å². The molecule has 4 nitrogen and oxygen atoms in total. The summed E-state index contributed by atoms with van der Waals surface area (Å²) in [7, 11) is 1.79. The van der Waals surface area contributed by atoms with Gasteiger partial charge in [-0.3, -0.25) is 4.79 Å². The molecule has 1 saturated heterocycles. The quantitative estimate of drug-likeness (QED) is 0.756. The van der Waals surface area contributed by atoms with E-state index in [1.807, 2.05) is 13.8 Å². The van der Waals surface area contributed by atoms with Crippen LogP contribution in [0.4, 0.5) is 0 Å². The largest absolute Gasteiger partial charge is 0.392 e. The first kappa shape index (κ1) is 14.4. The van der Waals surface area contributed by atoms with Crippen molar-refractivity contribution in [3.63, 3.8) is 0 Å². The van der Waals surface area contributed by atoms with E-state index in [4.69, 9.17) is 22.7 Å². The van der Waals surface area contributed by atoms with E-state index in [9.17, 15) is 4.79 Å². The smallest absolute Gasteiger partial charge is 0.235 e. The predicted molar refractivity (Wildman–Crippen MR) is 71.8 cm³/mol. The number of carbonyl (C=O) groups excluding carboxylic acids is 1. The first-order valence-corrected chi connectivity index (χ1v) is 6.49. The molecule has 0 saturated carbocycles.